The normalized spacial score (nSPS) is 13.4. The van der Waals surface area contributed by atoms with Crippen LogP contribution in [0.25, 0.3) is 11.1 Å². The van der Waals surface area contributed by atoms with Crippen LogP contribution in [0.4, 0.5) is 0 Å². The maximum absolute atomic E-state index is 13.0. The minimum absolute atomic E-state index is 0.0105. The first-order valence-electron chi connectivity index (χ1n) is 12.4. The number of benzene rings is 3. The summed E-state index contributed by atoms with van der Waals surface area (Å²) in [4.78, 5) is 0.544. The van der Waals surface area contributed by atoms with Crippen LogP contribution < -0.4 is 9.47 Å². The second kappa shape index (κ2) is 11.0. The summed E-state index contributed by atoms with van der Waals surface area (Å²) in [6, 6.07) is 22.3. The number of sulfone groups is 1. The van der Waals surface area contributed by atoms with Crippen molar-refractivity contribution in [2.45, 2.75) is 65.9 Å². The molecule has 4 nitrogen and oxygen atoms in total. The van der Waals surface area contributed by atoms with Gasteiger partial charge >= 0.3 is 0 Å². The molecule has 37 heavy (non-hydrogen) atoms. The van der Waals surface area contributed by atoms with Gasteiger partial charge in [-0.3, -0.25) is 0 Å². The van der Waals surface area contributed by atoms with Crippen LogP contribution in [0.3, 0.4) is 0 Å². The van der Waals surface area contributed by atoms with Gasteiger partial charge in [-0.05, 0) is 106 Å². The summed E-state index contributed by atoms with van der Waals surface area (Å²) in [6.45, 7) is 16.0. The molecule has 0 N–H and O–H groups in total. The highest BCUT2D eigenvalue weighted by atomic mass is 32.2. The highest BCUT2D eigenvalue weighted by molar-refractivity contribution is 7.95. The predicted molar refractivity (Wildman–Crippen MR) is 153 cm³/mol. The maximum Gasteiger partial charge on any atom is 0.202 e. The van der Waals surface area contributed by atoms with Crippen molar-refractivity contribution >= 4 is 9.84 Å². The van der Waals surface area contributed by atoms with Crippen LogP contribution in [-0.2, 0) is 9.84 Å². The first-order chi connectivity index (χ1) is 17.1. The molecule has 196 valence electrons. The molecular weight excluding hydrogens is 480 g/mol. The zero-order chi connectivity index (χ0) is 27.4. The summed E-state index contributed by atoms with van der Waals surface area (Å²) in [6.07, 6.45) is 3.55. The molecule has 0 fully saturated rings. The third-order valence-corrected chi connectivity index (χ3v) is 7.89. The van der Waals surface area contributed by atoms with Gasteiger partial charge in [0.25, 0.3) is 0 Å². The SMILES string of the molecule is C/C(=C\C=C(/C)S(=O)(=O)c1ccc(Oc2ccc(-c3ccc(OC(C)(C)C)cc3)cc2)cc1)C(C)(C)C. The molecule has 0 aliphatic carbocycles. The van der Waals surface area contributed by atoms with Crippen molar-refractivity contribution in [3.8, 4) is 28.4 Å². The molecule has 0 amide bonds. The van der Waals surface area contributed by atoms with Crippen molar-refractivity contribution < 1.29 is 17.9 Å². The summed E-state index contributed by atoms with van der Waals surface area (Å²) in [5, 5.41) is 0. The van der Waals surface area contributed by atoms with Gasteiger partial charge in [-0.25, -0.2) is 8.42 Å². The summed E-state index contributed by atoms with van der Waals surface area (Å²) >= 11 is 0. The van der Waals surface area contributed by atoms with E-state index in [9.17, 15) is 8.42 Å². The molecule has 0 bridgehead atoms. The molecule has 0 aliphatic rings. The Morgan fingerprint density at radius 3 is 1.51 bits per heavy atom. The average Bonchev–Trinajstić information content (AvgIpc) is 2.82. The molecule has 0 unspecified atom stereocenters. The standard InChI is InChI=1S/C32H38O4S/c1-23(31(3,4)5)9-10-24(2)37(33,34)30-21-19-28(20-22-30)35-27-15-11-25(12-16-27)26-13-17-29(18-14-26)36-32(6,7)8/h9-22H,1-8H3/b23-9+,24-10+. The van der Waals surface area contributed by atoms with Gasteiger partial charge in [-0.15, -0.1) is 0 Å². The van der Waals surface area contributed by atoms with Crippen molar-refractivity contribution in [1.29, 1.82) is 0 Å². The lowest BCUT2D eigenvalue weighted by Gasteiger charge is -2.21. The fourth-order valence-corrected chi connectivity index (χ4v) is 4.49. The van der Waals surface area contributed by atoms with Gasteiger partial charge in [0.15, 0.2) is 0 Å². The van der Waals surface area contributed by atoms with E-state index in [1.807, 2.05) is 82.3 Å². The predicted octanol–water partition coefficient (Wildman–Crippen LogP) is 8.99. The molecule has 0 heterocycles. The van der Waals surface area contributed by atoms with Crippen molar-refractivity contribution in [2.75, 3.05) is 0 Å². The summed E-state index contributed by atoms with van der Waals surface area (Å²) in [5.74, 6) is 2.08. The fourth-order valence-electron chi connectivity index (χ4n) is 3.38. The molecule has 0 saturated carbocycles. The summed E-state index contributed by atoms with van der Waals surface area (Å²) < 4.78 is 37.8. The van der Waals surface area contributed by atoms with Crippen LogP contribution in [0, 0.1) is 5.41 Å². The Morgan fingerprint density at radius 1 is 0.649 bits per heavy atom. The molecule has 3 aromatic rings. The smallest absolute Gasteiger partial charge is 0.202 e. The fraction of sp³-hybridized carbons (Fsp3) is 0.312. The van der Waals surface area contributed by atoms with Crippen LogP contribution in [0.1, 0.15) is 55.4 Å². The van der Waals surface area contributed by atoms with Gasteiger partial charge in [0, 0.05) is 4.91 Å². The number of rotatable bonds is 7. The first kappa shape index (κ1) is 28.3. The molecule has 0 aliphatic heterocycles. The number of hydrogen-bond donors (Lipinski definition) is 0. The number of ether oxygens (including phenoxy) is 2. The van der Waals surface area contributed by atoms with Gasteiger partial charge in [-0.1, -0.05) is 56.7 Å². The van der Waals surface area contributed by atoms with Crippen LogP contribution >= 0.6 is 0 Å². The van der Waals surface area contributed by atoms with E-state index in [0.717, 1.165) is 22.4 Å². The van der Waals surface area contributed by atoms with Crippen molar-refractivity contribution in [3.05, 3.63) is 95.4 Å². The summed E-state index contributed by atoms with van der Waals surface area (Å²) in [5.41, 5.74) is 3.01. The minimum Gasteiger partial charge on any atom is -0.488 e. The molecule has 3 rings (SSSR count). The maximum atomic E-state index is 13.0. The molecule has 5 heteroatoms. The van der Waals surface area contributed by atoms with Crippen molar-refractivity contribution in [1.82, 2.24) is 0 Å². The highest BCUT2D eigenvalue weighted by Gasteiger charge is 2.18. The quantitative estimate of drug-likeness (QED) is 0.293. The van der Waals surface area contributed by atoms with Crippen molar-refractivity contribution in [3.63, 3.8) is 0 Å². The largest absolute Gasteiger partial charge is 0.488 e. The third-order valence-electron chi connectivity index (χ3n) is 6.01. The average molecular weight is 519 g/mol. The molecule has 3 aromatic carbocycles. The van der Waals surface area contributed by atoms with E-state index in [-0.39, 0.29) is 15.9 Å². The lowest BCUT2D eigenvalue weighted by Crippen LogP contribution is -2.22. The van der Waals surface area contributed by atoms with Crippen LogP contribution in [-0.4, -0.2) is 14.0 Å². The van der Waals surface area contributed by atoms with E-state index >= 15 is 0 Å². The zero-order valence-electron chi connectivity index (χ0n) is 23.1. The number of hydrogen-bond acceptors (Lipinski definition) is 4. The van der Waals surface area contributed by atoms with E-state index < -0.39 is 9.84 Å². The Balaban J connectivity index is 1.69. The zero-order valence-corrected chi connectivity index (χ0v) is 23.9. The highest BCUT2D eigenvalue weighted by Crippen LogP contribution is 2.30. The third kappa shape index (κ3) is 7.83. The van der Waals surface area contributed by atoms with Crippen LogP contribution in [0.5, 0.6) is 17.2 Å². The Hall–Kier alpha value is -3.31. The van der Waals surface area contributed by atoms with Crippen molar-refractivity contribution in [2.24, 2.45) is 5.41 Å². The second-order valence-corrected chi connectivity index (χ2v) is 13.3. The lowest BCUT2D eigenvalue weighted by atomic mass is 9.87. The van der Waals surface area contributed by atoms with Gasteiger partial charge in [-0.2, -0.15) is 0 Å². The Labute approximate surface area is 222 Å². The van der Waals surface area contributed by atoms with Gasteiger partial charge in [0.05, 0.1) is 4.90 Å². The van der Waals surface area contributed by atoms with Gasteiger partial charge in [0.2, 0.25) is 9.84 Å². The van der Waals surface area contributed by atoms with Crippen LogP contribution in [0.15, 0.2) is 100 Å². The van der Waals surface area contributed by atoms with Crippen LogP contribution in [0.2, 0.25) is 0 Å². The van der Waals surface area contributed by atoms with Gasteiger partial charge < -0.3 is 9.47 Å². The minimum atomic E-state index is -3.57. The lowest BCUT2D eigenvalue weighted by molar-refractivity contribution is 0.131. The first-order valence-corrected chi connectivity index (χ1v) is 13.9. The Morgan fingerprint density at radius 2 is 1.08 bits per heavy atom. The van der Waals surface area contributed by atoms with E-state index in [0.29, 0.717) is 16.4 Å². The molecule has 0 radical (unpaired) electrons. The Bertz CT molecular complexity index is 1360. The second-order valence-electron chi connectivity index (χ2n) is 11.2. The molecular formula is C32H38O4S. The van der Waals surface area contributed by atoms with E-state index in [4.69, 9.17) is 9.47 Å². The van der Waals surface area contributed by atoms with E-state index in [1.54, 1.807) is 37.3 Å². The van der Waals surface area contributed by atoms with Gasteiger partial charge in [0.1, 0.15) is 22.8 Å². The Kier molecular flexibility index (Phi) is 8.38. The molecule has 0 saturated heterocycles. The molecule has 0 spiro atoms. The molecule has 0 aromatic heterocycles. The molecule has 0 atom stereocenters. The van der Waals surface area contributed by atoms with E-state index in [2.05, 4.69) is 20.8 Å². The van der Waals surface area contributed by atoms with E-state index in [1.165, 1.54) is 0 Å². The topological polar surface area (TPSA) is 52.6 Å². The monoisotopic (exact) mass is 518 g/mol. The number of allylic oxidation sites excluding steroid dienone is 4. The summed E-state index contributed by atoms with van der Waals surface area (Å²) in [7, 11) is -3.57.